The molecule has 0 aliphatic carbocycles. The summed E-state index contributed by atoms with van der Waals surface area (Å²) in [5.41, 5.74) is 0. The standard InChI is InChI=1S/C4H6O5.2O.2Sb/c5-2(4(8)9)1-3(6)7;;;;/h2,5H,1H2,(H,6,7)(H,8,9);;;;/q;;;2*+1/p-2. The molecule has 0 bridgehead atoms. The summed E-state index contributed by atoms with van der Waals surface area (Å²) in [5, 5.41) is 27.3. The molecule has 1 atom stereocenters. The van der Waals surface area contributed by atoms with Crippen LogP contribution in [-0.2, 0) is 15.6 Å². The van der Waals surface area contributed by atoms with Gasteiger partial charge in [-0.05, 0) is 0 Å². The van der Waals surface area contributed by atoms with Gasteiger partial charge in [-0.2, -0.15) is 0 Å². The average Bonchev–Trinajstić information content (AvgIpc) is 2.10. The van der Waals surface area contributed by atoms with Gasteiger partial charge in [-0.1, -0.05) is 0 Å². The molecule has 1 unspecified atom stereocenters. The second-order valence-electron chi connectivity index (χ2n) is 1.41. The van der Waals surface area contributed by atoms with Crippen molar-refractivity contribution in [1.82, 2.24) is 0 Å². The molecule has 0 aromatic rings. The Morgan fingerprint density at radius 2 is 1.46 bits per heavy atom. The molecule has 4 radical (unpaired) electrons. The van der Waals surface area contributed by atoms with Crippen molar-refractivity contribution >= 4 is 58.0 Å². The Morgan fingerprint density at radius 3 is 1.54 bits per heavy atom. The van der Waals surface area contributed by atoms with Gasteiger partial charge >= 0.3 is 52.1 Å². The first-order chi connectivity index (χ1) is 6.04. The molecule has 0 spiro atoms. The van der Waals surface area contributed by atoms with Crippen molar-refractivity contribution in [3.8, 4) is 0 Å². The average molecular weight is 408 g/mol. The second kappa shape index (κ2) is 14.6. The molecule has 13 heavy (non-hydrogen) atoms. The van der Waals surface area contributed by atoms with Crippen molar-refractivity contribution in [2.45, 2.75) is 12.5 Å². The van der Waals surface area contributed by atoms with Crippen molar-refractivity contribution in [2.75, 3.05) is 0 Å². The molecule has 0 amide bonds. The minimum absolute atomic E-state index is 0.500. The molecule has 1 N–H and O–H groups in total. The SMILES string of the molecule is O=C([O-])CC(O)C(=O)[O-].[O]=[Sb+].[O]=[Sb+]. The molecule has 9 heteroatoms. The molecule has 7 nitrogen and oxygen atoms in total. The number of hydrogen-bond acceptors (Lipinski definition) is 7. The molecule has 0 saturated carbocycles. The Kier molecular flexibility index (Phi) is 21.2. The molecule has 0 saturated heterocycles. The summed E-state index contributed by atoms with van der Waals surface area (Å²) >= 11 is 1.00. The second-order valence-corrected chi connectivity index (χ2v) is 1.41. The summed E-state index contributed by atoms with van der Waals surface area (Å²) in [7, 11) is 0. The van der Waals surface area contributed by atoms with Crippen LogP contribution in [0.15, 0.2) is 0 Å². The summed E-state index contributed by atoms with van der Waals surface area (Å²) in [6.45, 7) is 0. The topological polar surface area (TPSA) is 135 Å². The third-order valence-electron chi connectivity index (χ3n) is 0.632. The minimum atomic E-state index is -1.96. The van der Waals surface area contributed by atoms with Gasteiger partial charge in [0, 0.05) is 12.4 Å². The van der Waals surface area contributed by atoms with Crippen LogP contribution in [0.1, 0.15) is 6.42 Å². The summed E-state index contributed by atoms with van der Waals surface area (Å²) in [6.07, 6.45) is -2.89. The van der Waals surface area contributed by atoms with Gasteiger partial charge in [0.05, 0.1) is 12.1 Å². The molecule has 0 aromatic carbocycles. The molecule has 0 aliphatic heterocycles. The predicted molar refractivity (Wildman–Crippen MR) is 33.5 cm³/mol. The van der Waals surface area contributed by atoms with E-state index in [0.717, 1.165) is 0 Å². The van der Waals surface area contributed by atoms with Gasteiger partial charge in [0.2, 0.25) is 0 Å². The van der Waals surface area contributed by atoms with E-state index in [0.29, 0.717) is 46.0 Å². The summed E-state index contributed by atoms with van der Waals surface area (Å²) < 4.78 is 16.6. The number of carbonyl (C=O) groups excluding carboxylic acids is 2. The quantitative estimate of drug-likeness (QED) is 0.464. The van der Waals surface area contributed by atoms with Gasteiger partial charge < -0.3 is 24.9 Å². The maximum absolute atomic E-state index is 9.58. The zero-order valence-corrected chi connectivity index (χ0v) is 11.2. The zero-order valence-electron chi connectivity index (χ0n) is 6.08. The number of aliphatic hydroxyl groups excluding tert-OH is 1. The fourth-order valence-corrected chi connectivity index (χ4v) is 0.241. The van der Waals surface area contributed by atoms with Gasteiger partial charge in [0.1, 0.15) is 0 Å². The van der Waals surface area contributed by atoms with Crippen LogP contribution >= 0.6 is 0 Å². The Labute approximate surface area is 101 Å². The number of aliphatic hydroxyl groups is 1. The van der Waals surface area contributed by atoms with Crippen LogP contribution in [0.25, 0.3) is 0 Å². The number of carboxylic acids is 2. The molecule has 0 heterocycles. The van der Waals surface area contributed by atoms with Crippen LogP contribution in [0.4, 0.5) is 0 Å². The number of hydrogen-bond donors (Lipinski definition) is 1. The normalized spacial score (nSPS) is 9.31. The molecular weight excluding hydrogens is 404 g/mol. The van der Waals surface area contributed by atoms with E-state index in [1.807, 2.05) is 0 Å². The van der Waals surface area contributed by atoms with Crippen molar-refractivity contribution < 1.29 is 30.9 Å². The van der Waals surface area contributed by atoms with E-state index in [9.17, 15) is 19.8 Å². The molecular formula is C4H4O7Sb2. The van der Waals surface area contributed by atoms with E-state index in [1.54, 1.807) is 0 Å². The van der Waals surface area contributed by atoms with Gasteiger partial charge in [0.15, 0.2) is 0 Å². The fraction of sp³-hybridized carbons (Fsp3) is 0.500. The van der Waals surface area contributed by atoms with Crippen LogP contribution in [0.3, 0.4) is 0 Å². The van der Waals surface area contributed by atoms with E-state index < -0.39 is 24.5 Å². The van der Waals surface area contributed by atoms with Gasteiger partial charge in [-0.25, -0.2) is 0 Å². The number of rotatable bonds is 3. The van der Waals surface area contributed by atoms with Crippen molar-refractivity contribution in [3.63, 3.8) is 0 Å². The third-order valence-corrected chi connectivity index (χ3v) is 0.632. The van der Waals surface area contributed by atoms with E-state index in [4.69, 9.17) is 11.1 Å². The summed E-state index contributed by atoms with van der Waals surface area (Å²) in [6, 6.07) is 0. The van der Waals surface area contributed by atoms with Gasteiger partial charge in [-0.3, -0.25) is 0 Å². The summed E-state index contributed by atoms with van der Waals surface area (Å²) in [4.78, 5) is 19.1. The van der Waals surface area contributed by atoms with Crippen LogP contribution in [0.5, 0.6) is 0 Å². The first-order valence-corrected chi connectivity index (χ1v) is 4.57. The molecule has 0 aromatic heterocycles. The number of aliphatic carboxylic acids is 2. The van der Waals surface area contributed by atoms with Crippen molar-refractivity contribution in [3.05, 3.63) is 0 Å². The van der Waals surface area contributed by atoms with Crippen LogP contribution in [-0.4, -0.2) is 69.2 Å². The first-order valence-electron chi connectivity index (χ1n) is 2.49. The molecule has 0 fully saturated rings. The Balaban J connectivity index is -0.000000218. The van der Waals surface area contributed by atoms with E-state index in [2.05, 4.69) is 0 Å². The Morgan fingerprint density at radius 1 is 1.15 bits per heavy atom. The zero-order chi connectivity index (χ0) is 11.4. The number of carbonyl (C=O) groups is 2. The Hall–Kier alpha value is 0.136. The van der Waals surface area contributed by atoms with Crippen LogP contribution in [0, 0.1) is 0 Å². The summed E-state index contributed by atoms with van der Waals surface area (Å²) in [5.74, 6) is -3.43. The number of carboxylic acid groups (broad SMARTS) is 2. The van der Waals surface area contributed by atoms with Gasteiger partial charge in [-0.15, -0.1) is 0 Å². The Bertz CT molecular complexity index is 159. The van der Waals surface area contributed by atoms with E-state index in [1.165, 1.54) is 0 Å². The first kappa shape index (κ1) is 18.8. The molecule has 0 aliphatic rings. The van der Waals surface area contributed by atoms with E-state index >= 15 is 0 Å². The fourth-order valence-electron chi connectivity index (χ4n) is 0.241. The monoisotopic (exact) mass is 406 g/mol. The molecule has 0 rings (SSSR count). The van der Waals surface area contributed by atoms with Crippen molar-refractivity contribution in [1.29, 1.82) is 0 Å². The maximum atomic E-state index is 9.58. The predicted octanol–water partition coefficient (Wildman–Crippen LogP) is -4.76. The van der Waals surface area contributed by atoms with Crippen molar-refractivity contribution in [2.24, 2.45) is 0 Å². The van der Waals surface area contributed by atoms with Crippen LogP contribution in [0.2, 0.25) is 0 Å². The van der Waals surface area contributed by atoms with Gasteiger partial charge in [0.25, 0.3) is 0 Å². The van der Waals surface area contributed by atoms with E-state index in [-0.39, 0.29) is 0 Å². The van der Waals surface area contributed by atoms with Crippen LogP contribution < -0.4 is 10.2 Å². The third kappa shape index (κ3) is 18.8. The molecule has 72 valence electrons.